The van der Waals surface area contributed by atoms with Gasteiger partial charge in [0.15, 0.2) is 11.5 Å². The Bertz CT molecular complexity index is 1030. The van der Waals surface area contributed by atoms with E-state index in [2.05, 4.69) is 6.07 Å². The third-order valence-electron chi connectivity index (χ3n) is 4.67. The number of ether oxygens (including phenoxy) is 3. The summed E-state index contributed by atoms with van der Waals surface area (Å²) < 4.78 is 18.1. The Morgan fingerprint density at radius 1 is 1.33 bits per heavy atom. The molecule has 0 aliphatic carbocycles. The molecular formula is C20H21N3O4. The van der Waals surface area contributed by atoms with E-state index in [1.54, 1.807) is 38.2 Å². The minimum Gasteiger partial charge on any atom is -0.493 e. The lowest BCUT2D eigenvalue weighted by Crippen LogP contribution is -2.31. The fraction of sp³-hybridized carbons (Fsp3) is 0.300. The van der Waals surface area contributed by atoms with Crippen LogP contribution in [-0.4, -0.2) is 18.3 Å². The van der Waals surface area contributed by atoms with E-state index in [9.17, 15) is 10.1 Å². The normalized spacial score (nSPS) is 15.6. The van der Waals surface area contributed by atoms with E-state index in [-0.39, 0.29) is 17.0 Å². The minimum atomic E-state index is -0.650. The van der Waals surface area contributed by atoms with E-state index in [1.165, 1.54) is 11.7 Å². The third kappa shape index (κ3) is 2.99. The van der Waals surface area contributed by atoms with Crippen LogP contribution in [0, 0.1) is 18.3 Å². The molecule has 1 aromatic carbocycles. The zero-order valence-corrected chi connectivity index (χ0v) is 15.7. The van der Waals surface area contributed by atoms with E-state index in [0.717, 1.165) is 5.69 Å². The van der Waals surface area contributed by atoms with E-state index in [4.69, 9.17) is 19.9 Å². The summed E-state index contributed by atoms with van der Waals surface area (Å²) in [7, 11) is 3.22. The van der Waals surface area contributed by atoms with Gasteiger partial charge in [0.25, 0.3) is 5.56 Å². The Balaban J connectivity index is 2.27. The summed E-state index contributed by atoms with van der Waals surface area (Å²) in [4.78, 5) is 13.0. The van der Waals surface area contributed by atoms with Crippen molar-refractivity contribution in [3.63, 3.8) is 0 Å². The summed E-state index contributed by atoms with van der Waals surface area (Å²) in [5.74, 6) is 0.813. The van der Waals surface area contributed by atoms with Crippen LogP contribution in [0.15, 0.2) is 40.5 Å². The van der Waals surface area contributed by atoms with Gasteiger partial charge < -0.3 is 24.5 Å². The second-order valence-corrected chi connectivity index (χ2v) is 6.20. The van der Waals surface area contributed by atoms with Crippen LogP contribution in [0.1, 0.15) is 29.7 Å². The molecule has 7 heteroatoms. The number of hydrogen-bond donors (Lipinski definition) is 1. The number of nitrogens with two attached hydrogens (primary N) is 1. The summed E-state index contributed by atoms with van der Waals surface area (Å²) in [6.45, 7) is 4.18. The fourth-order valence-electron chi connectivity index (χ4n) is 3.21. The molecule has 140 valence electrons. The molecule has 0 bridgehead atoms. The van der Waals surface area contributed by atoms with Gasteiger partial charge in [-0.2, -0.15) is 5.26 Å². The van der Waals surface area contributed by atoms with Gasteiger partial charge >= 0.3 is 0 Å². The quantitative estimate of drug-likeness (QED) is 0.890. The molecule has 1 atom stereocenters. The van der Waals surface area contributed by atoms with Crippen molar-refractivity contribution >= 4 is 0 Å². The number of hydrogen-bond acceptors (Lipinski definition) is 6. The zero-order chi connectivity index (χ0) is 19.7. The maximum absolute atomic E-state index is 13.0. The van der Waals surface area contributed by atoms with Crippen molar-refractivity contribution in [2.45, 2.75) is 19.8 Å². The number of nitrogens with zero attached hydrogens (tertiary/aromatic N) is 2. The number of rotatable bonds is 4. The maximum Gasteiger partial charge on any atom is 0.258 e. The number of aryl methyl sites for hydroxylation is 1. The molecule has 1 unspecified atom stereocenters. The average molecular weight is 367 g/mol. The number of aromatic nitrogens is 1. The summed E-state index contributed by atoms with van der Waals surface area (Å²) in [5.41, 5.74) is 7.75. The summed E-state index contributed by atoms with van der Waals surface area (Å²) in [5, 5.41) is 9.67. The first-order valence-electron chi connectivity index (χ1n) is 8.51. The van der Waals surface area contributed by atoms with Crippen LogP contribution in [0.3, 0.4) is 0 Å². The predicted molar refractivity (Wildman–Crippen MR) is 99.9 cm³/mol. The second-order valence-electron chi connectivity index (χ2n) is 6.20. The molecule has 2 aromatic rings. The minimum absolute atomic E-state index is 0.00416. The summed E-state index contributed by atoms with van der Waals surface area (Å²) in [6, 6.07) is 9.16. The molecule has 2 N–H and O–H groups in total. The van der Waals surface area contributed by atoms with Crippen molar-refractivity contribution in [1.82, 2.24) is 4.57 Å². The Hall–Kier alpha value is -3.40. The average Bonchev–Trinajstić information content (AvgIpc) is 2.66. The van der Waals surface area contributed by atoms with Crippen molar-refractivity contribution in [1.29, 1.82) is 5.26 Å². The van der Waals surface area contributed by atoms with Crippen LogP contribution >= 0.6 is 0 Å². The highest BCUT2D eigenvalue weighted by Gasteiger charge is 2.34. The Morgan fingerprint density at radius 3 is 2.70 bits per heavy atom. The van der Waals surface area contributed by atoms with E-state index < -0.39 is 5.92 Å². The molecule has 27 heavy (non-hydrogen) atoms. The van der Waals surface area contributed by atoms with Crippen molar-refractivity contribution in [3.05, 3.63) is 62.9 Å². The molecule has 2 heterocycles. The van der Waals surface area contributed by atoms with E-state index in [1.807, 2.05) is 6.92 Å². The topological polar surface area (TPSA) is 99.5 Å². The maximum atomic E-state index is 13.0. The first kappa shape index (κ1) is 18.4. The predicted octanol–water partition coefficient (Wildman–Crippen LogP) is 2.32. The van der Waals surface area contributed by atoms with E-state index >= 15 is 0 Å². The van der Waals surface area contributed by atoms with Gasteiger partial charge in [0.1, 0.15) is 17.4 Å². The lowest BCUT2D eigenvalue weighted by molar-refractivity contribution is 0.310. The molecule has 0 spiro atoms. The second kappa shape index (κ2) is 7.08. The van der Waals surface area contributed by atoms with Crippen LogP contribution < -0.4 is 25.5 Å². The fourth-order valence-corrected chi connectivity index (χ4v) is 3.21. The van der Waals surface area contributed by atoms with Crippen molar-refractivity contribution in [2.75, 3.05) is 13.7 Å². The van der Waals surface area contributed by atoms with Crippen LogP contribution in [0.2, 0.25) is 0 Å². The molecule has 0 amide bonds. The molecule has 3 rings (SSSR count). The molecule has 0 saturated carbocycles. The van der Waals surface area contributed by atoms with Gasteiger partial charge in [-0.1, -0.05) is 6.07 Å². The Morgan fingerprint density at radius 2 is 2.07 bits per heavy atom. The highest BCUT2D eigenvalue weighted by Crippen LogP contribution is 2.42. The van der Waals surface area contributed by atoms with E-state index in [0.29, 0.717) is 35.0 Å². The van der Waals surface area contributed by atoms with Crippen LogP contribution in [0.25, 0.3) is 0 Å². The highest BCUT2D eigenvalue weighted by molar-refractivity contribution is 5.57. The molecular weight excluding hydrogens is 346 g/mol. The van der Waals surface area contributed by atoms with Gasteiger partial charge in [0.2, 0.25) is 5.88 Å². The highest BCUT2D eigenvalue weighted by atomic mass is 16.5. The molecule has 0 saturated heterocycles. The standard InChI is InChI=1S/C20H21N3O4/c1-5-26-14-7-6-12(9-15(14)25-4)17-13(10-21)19(22)27-16-8-11(2)23(3)20(24)18(16)17/h6-9,17H,5,22H2,1-4H3. The van der Waals surface area contributed by atoms with Gasteiger partial charge in [0, 0.05) is 18.8 Å². The van der Waals surface area contributed by atoms with Gasteiger partial charge in [-0.3, -0.25) is 4.79 Å². The lowest BCUT2D eigenvalue weighted by atomic mass is 9.84. The molecule has 0 radical (unpaired) electrons. The van der Waals surface area contributed by atoms with Crippen LogP contribution in [-0.2, 0) is 7.05 Å². The van der Waals surface area contributed by atoms with Gasteiger partial charge in [0.05, 0.1) is 25.2 Å². The summed E-state index contributed by atoms with van der Waals surface area (Å²) in [6.07, 6.45) is 0. The number of benzene rings is 1. The van der Waals surface area contributed by atoms with Crippen LogP contribution in [0.5, 0.6) is 17.2 Å². The monoisotopic (exact) mass is 367 g/mol. The first-order chi connectivity index (χ1) is 12.9. The first-order valence-corrected chi connectivity index (χ1v) is 8.51. The molecule has 7 nitrogen and oxygen atoms in total. The van der Waals surface area contributed by atoms with Gasteiger partial charge in [-0.25, -0.2) is 0 Å². The van der Waals surface area contributed by atoms with Crippen molar-refractivity contribution in [2.24, 2.45) is 12.8 Å². The molecule has 1 aliphatic rings. The number of pyridine rings is 1. The molecule has 0 fully saturated rings. The Labute approximate surface area is 157 Å². The van der Waals surface area contributed by atoms with Gasteiger partial charge in [-0.15, -0.1) is 0 Å². The number of methoxy groups -OCH3 is 1. The molecule has 1 aliphatic heterocycles. The Kier molecular flexibility index (Phi) is 4.82. The van der Waals surface area contributed by atoms with Crippen LogP contribution in [0.4, 0.5) is 0 Å². The molecule has 1 aromatic heterocycles. The number of nitriles is 1. The van der Waals surface area contributed by atoms with Crippen molar-refractivity contribution in [3.8, 4) is 23.3 Å². The number of allylic oxidation sites excluding steroid dienone is 1. The smallest absolute Gasteiger partial charge is 0.258 e. The van der Waals surface area contributed by atoms with Crippen molar-refractivity contribution < 1.29 is 14.2 Å². The third-order valence-corrected chi connectivity index (χ3v) is 4.67. The zero-order valence-electron chi connectivity index (χ0n) is 15.7. The van der Waals surface area contributed by atoms with Gasteiger partial charge in [-0.05, 0) is 31.5 Å². The number of fused-ring (bicyclic) bond motifs is 1. The summed E-state index contributed by atoms with van der Waals surface area (Å²) >= 11 is 0. The largest absolute Gasteiger partial charge is 0.493 e. The SMILES string of the molecule is CCOc1ccc(C2C(C#N)=C(N)Oc3cc(C)n(C)c(=O)c32)cc1OC. The lowest BCUT2D eigenvalue weighted by Gasteiger charge is -2.27.